The Hall–Kier alpha value is -3.45. The summed E-state index contributed by atoms with van der Waals surface area (Å²) in [5, 5.41) is 1.69. The molecule has 1 fully saturated rings. The van der Waals surface area contributed by atoms with Crippen LogP contribution in [0.25, 0.3) is 22.3 Å². The van der Waals surface area contributed by atoms with Crippen molar-refractivity contribution in [3.63, 3.8) is 0 Å². The van der Waals surface area contributed by atoms with E-state index in [1.165, 1.54) is 0 Å². The fourth-order valence-corrected chi connectivity index (χ4v) is 4.45. The number of aromatic amines is 1. The predicted molar refractivity (Wildman–Crippen MR) is 130 cm³/mol. The molecule has 4 heterocycles. The molecule has 1 saturated heterocycles. The molecule has 0 unspecified atom stereocenters. The van der Waals surface area contributed by atoms with Crippen LogP contribution in [0.5, 0.6) is 0 Å². The van der Waals surface area contributed by atoms with Gasteiger partial charge in [-0.05, 0) is 41.8 Å². The Balaban J connectivity index is 1.26. The predicted octanol–water partition coefficient (Wildman–Crippen LogP) is 4.52. The van der Waals surface area contributed by atoms with Crippen LogP contribution >= 0.6 is 11.6 Å². The Labute approximate surface area is 197 Å². The second kappa shape index (κ2) is 9.19. The average molecular weight is 461 g/mol. The maximum atomic E-state index is 12.9. The number of amides is 1. The van der Waals surface area contributed by atoms with Gasteiger partial charge in [0.25, 0.3) is 0 Å². The molecule has 1 atom stereocenters. The number of nitrogens with zero attached hydrogens (tertiary/aromatic N) is 5. The lowest BCUT2D eigenvalue weighted by Gasteiger charge is -2.36. The molecule has 168 valence electrons. The number of nitrogens with one attached hydrogen (secondary N) is 1. The summed E-state index contributed by atoms with van der Waals surface area (Å²) in [6, 6.07) is 13.7. The number of hydrogen-bond acceptors (Lipinski definition) is 5. The minimum Gasteiger partial charge on any atom is -0.352 e. The van der Waals surface area contributed by atoms with Crippen LogP contribution in [0.2, 0.25) is 5.02 Å². The lowest BCUT2D eigenvalue weighted by atomic mass is 9.97. The normalized spacial score (nSPS) is 15.1. The van der Waals surface area contributed by atoms with E-state index in [2.05, 4.69) is 37.8 Å². The summed E-state index contributed by atoms with van der Waals surface area (Å²) >= 11 is 5.98. The first kappa shape index (κ1) is 21.4. The lowest BCUT2D eigenvalue weighted by Crippen LogP contribution is -2.49. The molecular formula is C25H25ClN6O. The van der Waals surface area contributed by atoms with Gasteiger partial charge >= 0.3 is 0 Å². The van der Waals surface area contributed by atoms with E-state index >= 15 is 0 Å². The van der Waals surface area contributed by atoms with Gasteiger partial charge in [0.2, 0.25) is 5.91 Å². The summed E-state index contributed by atoms with van der Waals surface area (Å²) in [7, 11) is 0. The van der Waals surface area contributed by atoms with Gasteiger partial charge in [0.15, 0.2) is 0 Å². The molecule has 8 heteroatoms. The van der Waals surface area contributed by atoms with Crippen molar-refractivity contribution in [1.82, 2.24) is 24.8 Å². The Morgan fingerprint density at radius 2 is 1.91 bits per heavy atom. The first-order chi connectivity index (χ1) is 16.1. The third kappa shape index (κ3) is 4.54. The second-order valence-electron chi connectivity index (χ2n) is 8.41. The third-order valence-electron chi connectivity index (χ3n) is 6.23. The van der Waals surface area contributed by atoms with E-state index in [9.17, 15) is 4.79 Å². The number of benzene rings is 1. The van der Waals surface area contributed by atoms with Crippen molar-refractivity contribution in [2.45, 2.75) is 19.3 Å². The van der Waals surface area contributed by atoms with Crippen molar-refractivity contribution in [2.24, 2.45) is 0 Å². The number of carbonyl (C=O) groups is 1. The molecule has 1 aromatic carbocycles. The van der Waals surface area contributed by atoms with Crippen molar-refractivity contribution in [3.8, 4) is 11.3 Å². The maximum absolute atomic E-state index is 12.9. The number of aromatic nitrogens is 4. The Morgan fingerprint density at radius 1 is 1.12 bits per heavy atom. The SMILES string of the molecule is C[C@H](CC(=O)N1CCN(c2ncnc3[nH]c(-c4cccnc4)cc23)CC1)c1ccc(Cl)cc1. The standard InChI is InChI=1S/C25H25ClN6O/c1-17(18-4-6-20(26)7-5-18)13-23(33)31-9-11-32(12-10-31)25-21-14-22(19-3-2-8-27-15-19)30-24(21)28-16-29-25/h2-8,14-17H,9-13H2,1H3,(H,28,29,30)/t17-/m1/s1. The molecule has 0 bridgehead atoms. The molecule has 0 spiro atoms. The highest BCUT2D eigenvalue weighted by molar-refractivity contribution is 6.30. The lowest BCUT2D eigenvalue weighted by molar-refractivity contribution is -0.131. The smallest absolute Gasteiger partial charge is 0.223 e. The molecule has 1 amide bonds. The van der Waals surface area contributed by atoms with Gasteiger partial charge in [-0.1, -0.05) is 30.7 Å². The zero-order valence-electron chi connectivity index (χ0n) is 18.4. The van der Waals surface area contributed by atoms with Gasteiger partial charge in [0.1, 0.15) is 17.8 Å². The first-order valence-corrected chi connectivity index (χ1v) is 11.5. The van der Waals surface area contributed by atoms with Crippen LogP contribution in [0.4, 0.5) is 5.82 Å². The van der Waals surface area contributed by atoms with Crippen LogP contribution in [0.15, 0.2) is 61.2 Å². The molecule has 0 saturated carbocycles. The second-order valence-corrected chi connectivity index (χ2v) is 8.85. The van der Waals surface area contributed by atoms with E-state index < -0.39 is 0 Å². The Kier molecular flexibility index (Phi) is 5.96. The molecule has 1 aliphatic heterocycles. The summed E-state index contributed by atoms with van der Waals surface area (Å²) in [6.45, 7) is 4.91. The van der Waals surface area contributed by atoms with E-state index in [1.807, 2.05) is 47.5 Å². The Morgan fingerprint density at radius 3 is 2.64 bits per heavy atom. The number of anilines is 1. The zero-order valence-corrected chi connectivity index (χ0v) is 19.2. The summed E-state index contributed by atoms with van der Waals surface area (Å²) in [5.41, 5.74) is 3.90. The van der Waals surface area contributed by atoms with E-state index in [1.54, 1.807) is 12.5 Å². The van der Waals surface area contributed by atoms with Gasteiger partial charge in [-0.25, -0.2) is 9.97 Å². The molecule has 0 aliphatic carbocycles. The topological polar surface area (TPSA) is 78.0 Å². The minimum atomic E-state index is 0.153. The zero-order chi connectivity index (χ0) is 22.8. The van der Waals surface area contributed by atoms with Crippen molar-refractivity contribution >= 4 is 34.4 Å². The quantitative estimate of drug-likeness (QED) is 0.474. The van der Waals surface area contributed by atoms with Gasteiger partial charge in [-0.3, -0.25) is 9.78 Å². The molecule has 33 heavy (non-hydrogen) atoms. The van der Waals surface area contributed by atoms with Crippen molar-refractivity contribution < 1.29 is 4.79 Å². The van der Waals surface area contributed by atoms with E-state index in [0.717, 1.165) is 46.8 Å². The average Bonchev–Trinajstić information content (AvgIpc) is 3.30. The summed E-state index contributed by atoms with van der Waals surface area (Å²) in [6.07, 6.45) is 5.67. The van der Waals surface area contributed by atoms with Crippen LogP contribution in [-0.4, -0.2) is 56.9 Å². The van der Waals surface area contributed by atoms with Gasteiger partial charge in [0, 0.05) is 61.3 Å². The molecule has 0 radical (unpaired) electrons. The maximum Gasteiger partial charge on any atom is 0.223 e. The van der Waals surface area contributed by atoms with E-state index in [0.29, 0.717) is 24.5 Å². The highest BCUT2D eigenvalue weighted by Gasteiger charge is 2.25. The molecule has 1 N–H and O–H groups in total. The van der Waals surface area contributed by atoms with Crippen LogP contribution in [0.1, 0.15) is 24.8 Å². The highest BCUT2D eigenvalue weighted by atomic mass is 35.5. The molecular weight excluding hydrogens is 436 g/mol. The number of carbonyl (C=O) groups excluding carboxylic acids is 1. The van der Waals surface area contributed by atoms with Crippen LogP contribution in [-0.2, 0) is 4.79 Å². The number of fused-ring (bicyclic) bond motifs is 1. The molecule has 1 aliphatic rings. The van der Waals surface area contributed by atoms with Crippen LogP contribution in [0.3, 0.4) is 0 Å². The van der Waals surface area contributed by atoms with Gasteiger partial charge in [0.05, 0.1) is 5.39 Å². The van der Waals surface area contributed by atoms with Crippen molar-refractivity contribution in [3.05, 3.63) is 71.8 Å². The van der Waals surface area contributed by atoms with E-state index in [4.69, 9.17) is 11.6 Å². The van der Waals surface area contributed by atoms with Crippen molar-refractivity contribution in [1.29, 1.82) is 0 Å². The van der Waals surface area contributed by atoms with Crippen LogP contribution < -0.4 is 4.90 Å². The first-order valence-electron chi connectivity index (χ1n) is 11.1. The van der Waals surface area contributed by atoms with Crippen LogP contribution in [0, 0.1) is 0 Å². The number of halogens is 1. The number of H-pyrrole nitrogens is 1. The van der Waals surface area contributed by atoms with E-state index in [-0.39, 0.29) is 11.8 Å². The van der Waals surface area contributed by atoms with Gasteiger partial charge in [-0.2, -0.15) is 0 Å². The largest absolute Gasteiger partial charge is 0.352 e. The number of rotatable bonds is 5. The summed E-state index contributed by atoms with van der Waals surface area (Å²) in [5.74, 6) is 1.23. The third-order valence-corrected chi connectivity index (χ3v) is 6.48. The number of pyridine rings is 1. The van der Waals surface area contributed by atoms with Gasteiger partial charge in [-0.15, -0.1) is 0 Å². The summed E-state index contributed by atoms with van der Waals surface area (Å²) in [4.78, 5) is 33.6. The molecule has 3 aromatic heterocycles. The van der Waals surface area contributed by atoms with Gasteiger partial charge < -0.3 is 14.8 Å². The molecule has 5 rings (SSSR count). The molecule has 7 nitrogen and oxygen atoms in total. The molecule has 4 aromatic rings. The van der Waals surface area contributed by atoms with Crippen molar-refractivity contribution in [2.75, 3.05) is 31.1 Å². The fraction of sp³-hybridized carbons (Fsp3) is 0.280. The Bertz CT molecular complexity index is 1250. The highest BCUT2D eigenvalue weighted by Crippen LogP contribution is 2.29. The monoisotopic (exact) mass is 460 g/mol. The number of piperazine rings is 1. The fourth-order valence-electron chi connectivity index (χ4n) is 4.32. The summed E-state index contributed by atoms with van der Waals surface area (Å²) < 4.78 is 0. The number of hydrogen-bond donors (Lipinski definition) is 1. The minimum absolute atomic E-state index is 0.153.